The number of benzene rings is 2. The highest BCUT2D eigenvalue weighted by molar-refractivity contribution is 7.90. The molecule has 0 unspecified atom stereocenters. The topological polar surface area (TPSA) is 174 Å². The van der Waals surface area contributed by atoms with Crippen molar-refractivity contribution in [3.63, 3.8) is 0 Å². The van der Waals surface area contributed by atoms with Crippen molar-refractivity contribution in [1.29, 1.82) is 0 Å². The summed E-state index contributed by atoms with van der Waals surface area (Å²) in [5.74, 6) is -0.760. The Bertz CT molecular complexity index is 964. The zero-order chi connectivity index (χ0) is 18.6. The molecule has 2 aromatic rings. The number of nitro benzene ring substituents is 1. The normalized spacial score (nSPS) is 11.4. The highest BCUT2D eigenvalue weighted by Gasteiger charge is 2.13. The maximum absolute atomic E-state index is 11.8. The zero-order valence-corrected chi connectivity index (χ0v) is 13.4. The first-order valence-corrected chi connectivity index (χ1v) is 8.10. The van der Waals surface area contributed by atoms with E-state index in [1.807, 2.05) is 0 Å². The molecular formula is C14H13N5O5S. The first kappa shape index (κ1) is 17.9. The third kappa shape index (κ3) is 4.51. The number of nitro groups is 1. The van der Waals surface area contributed by atoms with Crippen molar-refractivity contribution in [2.45, 2.75) is 4.90 Å². The summed E-state index contributed by atoms with van der Waals surface area (Å²) in [7, 11) is -3.99. The third-order valence-electron chi connectivity index (χ3n) is 2.93. The Balaban J connectivity index is 2.28. The Labute approximate surface area is 142 Å². The summed E-state index contributed by atoms with van der Waals surface area (Å²) in [6.45, 7) is 0. The summed E-state index contributed by atoms with van der Waals surface area (Å²) in [6, 6.07) is 8.79. The van der Waals surface area contributed by atoms with Crippen molar-refractivity contribution >= 4 is 33.6 Å². The molecule has 0 saturated heterocycles. The van der Waals surface area contributed by atoms with Gasteiger partial charge in [-0.05, 0) is 30.3 Å². The van der Waals surface area contributed by atoms with Crippen LogP contribution >= 0.6 is 0 Å². The van der Waals surface area contributed by atoms with Crippen molar-refractivity contribution in [2.24, 2.45) is 20.9 Å². The van der Waals surface area contributed by atoms with Crippen molar-refractivity contribution in [3.8, 4) is 5.75 Å². The lowest BCUT2D eigenvalue weighted by atomic mass is 10.2. The molecular weight excluding hydrogens is 350 g/mol. The minimum Gasteiger partial charge on any atom is -0.507 e. The average molecular weight is 363 g/mol. The lowest BCUT2D eigenvalue weighted by Crippen LogP contribution is -2.24. The number of guanidine groups is 1. The van der Waals surface area contributed by atoms with Gasteiger partial charge in [0.05, 0.1) is 15.5 Å². The number of nitrogens with two attached hydrogens (primary N) is 2. The SMILES string of the molecule is NC(N)=NS(=O)(=O)c1ccc(N=Cc2cc([N+](=O)[O-])ccc2O)cc1. The highest BCUT2D eigenvalue weighted by Crippen LogP contribution is 2.23. The first-order valence-electron chi connectivity index (χ1n) is 6.66. The van der Waals surface area contributed by atoms with E-state index in [4.69, 9.17) is 11.5 Å². The lowest BCUT2D eigenvalue weighted by Gasteiger charge is -2.01. The minimum atomic E-state index is -3.99. The molecule has 0 aliphatic rings. The quantitative estimate of drug-likeness (QED) is 0.307. The highest BCUT2D eigenvalue weighted by atomic mass is 32.2. The van der Waals surface area contributed by atoms with Gasteiger partial charge in [-0.1, -0.05) is 0 Å². The summed E-state index contributed by atoms with van der Waals surface area (Å²) < 4.78 is 26.7. The Hall–Kier alpha value is -3.47. The monoisotopic (exact) mass is 363 g/mol. The number of sulfonamides is 1. The van der Waals surface area contributed by atoms with Crippen LogP contribution in [0.3, 0.4) is 0 Å². The van der Waals surface area contributed by atoms with Crippen LogP contribution in [0.5, 0.6) is 5.75 Å². The van der Waals surface area contributed by atoms with E-state index in [-0.39, 0.29) is 21.9 Å². The van der Waals surface area contributed by atoms with E-state index in [0.29, 0.717) is 5.69 Å². The molecule has 0 heterocycles. The molecule has 0 fully saturated rings. The Morgan fingerprint density at radius 3 is 2.36 bits per heavy atom. The van der Waals surface area contributed by atoms with Crippen LogP contribution in [0.4, 0.5) is 11.4 Å². The van der Waals surface area contributed by atoms with Gasteiger partial charge < -0.3 is 16.6 Å². The van der Waals surface area contributed by atoms with E-state index in [1.54, 1.807) is 0 Å². The molecule has 2 aromatic carbocycles. The van der Waals surface area contributed by atoms with Crippen molar-refractivity contribution in [1.82, 2.24) is 0 Å². The fourth-order valence-corrected chi connectivity index (χ4v) is 2.66. The van der Waals surface area contributed by atoms with E-state index < -0.39 is 20.9 Å². The number of phenolic OH excluding ortho intramolecular Hbond substituents is 1. The van der Waals surface area contributed by atoms with Gasteiger partial charge in [-0.25, -0.2) is 0 Å². The Kier molecular flexibility index (Phi) is 4.98. The van der Waals surface area contributed by atoms with Crippen LogP contribution in [-0.4, -0.2) is 30.6 Å². The van der Waals surface area contributed by atoms with E-state index in [1.165, 1.54) is 36.5 Å². The zero-order valence-electron chi connectivity index (χ0n) is 12.6. The van der Waals surface area contributed by atoms with Gasteiger partial charge in [-0.2, -0.15) is 8.42 Å². The van der Waals surface area contributed by atoms with Crippen molar-refractivity contribution < 1.29 is 18.4 Å². The molecule has 10 nitrogen and oxygen atoms in total. The van der Waals surface area contributed by atoms with E-state index in [9.17, 15) is 23.6 Å². The standard InChI is InChI=1S/C14H13N5O5S/c15-14(16)18-25(23,24)12-4-1-10(2-5-12)17-8-9-7-11(19(21)22)3-6-13(9)20/h1-8,20H,(H4,15,16,18). The number of non-ortho nitro benzene ring substituents is 1. The summed E-state index contributed by atoms with van der Waals surface area (Å²) in [5, 5.41) is 20.4. The Morgan fingerprint density at radius 2 is 1.80 bits per heavy atom. The van der Waals surface area contributed by atoms with Gasteiger partial charge in [0.1, 0.15) is 5.75 Å². The number of phenols is 1. The van der Waals surface area contributed by atoms with Gasteiger partial charge in [0.25, 0.3) is 15.7 Å². The van der Waals surface area contributed by atoms with Gasteiger partial charge in [0.2, 0.25) is 5.96 Å². The number of aromatic hydroxyl groups is 1. The molecule has 2 rings (SSSR count). The summed E-state index contributed by atoms with van der Waals surface area (Å²) in [5.41, 5.74) is 10.4. The molecule has 0 saturated carbocycles. The third-order valence-corrected chi connectivity index (χ3v) is 4.25. The maximum Gasteiger partial charge on any atom is 0.285 e. The molecule has 0 atom stereocenters. The average Bonchev–Trinajstić information content (AvgIpc) is 2.53. The molecule has 0 spiro atoms. The molecule has 0 aromatic heterocycles. The van der Waals surface area contributed by atoms with Gasteiger partial charge in [-0.3, -0.25) is 15.1 Å². The molecule has 0 radical (unpaired) electrons. The predicted octanol–water partition coefficient (Wildman–Crippen LogP) is 1.01. The summed E-state index contributed by atoms with van der Waals surface area (Å²) in [4.78, 5) is 14.1. The Morgan fingerprint density at radius 1 is 1.16 bits per heavy atom. The lowest BCUT2D eigenvalue weighted by molar-refractivity contribution is -0.384. The molecule has 0 amide bonds. The van der Waals surface area contributed by atoms with Gasteiger partial charge in [0.15, 0.2) is 0 Å². The second kappa shape index (κ2) is 6.97. The van der Waals surface area contributed by atoms with Crippen LogP contribution in [0.25, 0.3) is 0 Å². The molecule has 0 aliphatic carbocycles. The van der Waals surface area contributed by atoms with Gasteiger partial charge >= 0.3 is 0 Å². The number of hydrogen-bond acceptors (Lipinski definition) is 6. The molecule has 0 bridgehead atoms. The molecule has 25 heavy (non-hydrogen) atoms. The second-order valence-corrected chi connectivity index (χ2v) is 6.35. The molecule has 130 valence electrons. The maximum atomic E-state index is 11.8. The first-order chi connectivity index (χ1) is 11.7. The van der Waals surface area contributed by atoms with E-state index >= 15 is 0 Å². The number of hydrogen-bond donors (Lipinski definition) is 3. The minimum absolute atomic E-state index is 0.127. The molecule has 5 N–H and O–H groups in total. The van der Waals surface area contributed by atoms with E-state index in [2.05, 4.69) is 9.39 Å². The van der Waals surface area contributed by atoms with Crippen molar-refractivity contribution in [2.75, 3.05) is 0 Å². The molecule has 11 heteroatoms. The van der Waals surface area contributed by atoms with Crippen LogP contribution in [0.2, 0.25) is 0 Å². The fourth-order valence-electron chi connectivity index (χ4n) is 1.80. The van der Waals surface area contributed by atoms with Crippen molar-refractivity contribution in [3.05, 3.63) is 58.1 Å². The fraction of sp³-hybridized carbons (Fsp3) is 0. The van der Waals surface area contributed by atoms with Crippen LogP contribution < -0.4 is 11.5 Å². The summed E-state index contributed by atoms with van der Waals surface area (Å²) in [6.07, 6.45) is 1.22. The predicted molar refractivity (Wildman–Crippen MR) is 91.5 cm³/mol. The number of aliphatic imine (C=N–C) groups is 1. The van der Waals surface area contributed by atoms with Crippen LogP contribution in [0.15, 0.2) is 56.8 Å². The number of rotatable bonds is 5. The smallest absolute Gasteiger partial charge is 0.285 e. The van der Waals surface area contributed by atoms with Gasteiger partial charge in [-0.15, -0.1) is 4.40 Å². The summed E-state index contributed by atoms with van der Waals surface area (Å²) >= 11 is 0. The van der Waals surface area contributed by atoms with Crippen LogP contribution in [-0.2, 0) is 10.0 Å². The second-order valence-electron chi connectivity index (χ2n) is 4.74. The molecule has 0 aliphatic heterocycles. The number of nitrogens with zero attached hydrogens (tertiary/aromatic N) is 3. The van der Waals surface area contributed by atoms with E-state index in [0.717, 1.165) is 12.1 Å². The van der Waals surface area contributed by atoms with Crippen LogP contribution in [0.1, 0.15) is 5.56 Å². The largest absolute Gasteiger partial charge is 0.507 e. The van der Waals surface area contributed by atoms with Crippen LogP contribution in [0, 0.1) is 10.1 Å². The van der Waals surface area contributed by atoms with Gasteiger partial charge in [0, 0.05) is 23.9 Å².